The fourth-order valence-electron chi connectivity index (χ4n) is 3.98. The van der Waals surface area contributed by atoms with Gasteiger partial charge in [-0.15, -0.1) is 0 Å². The molecular weight excluding hydrogens is 264 g/mol. The maximum atomic E-state index is 12.7. The molecule has 4 heteroatoms. The molecule has 0 aromatic rings. The van der Waals surface area contributed by atoms with Crippen LogP contribution in [0, 0.1) is 0 Å². The van der Waals surface area contributed by atoms with E-state index in [4.69, 9.17) is 0 Å². The number of piperidine rings is 1. The van der Waals surface area contributed by atoms with E-state index < -0.39 is 0 Å². The predicted octanol–water partition coefficient (Wildman–Crippen LogP) is 2.40. The van der Waals surface area contributed by atoms with Gasteiger partial charge in [-0.3, -0.25) is 9.69 Å². The van der Waals surface area contributed by atoms with E-state index in [-0.39, 0.29) is 12.5 Å². The highest BCUT2D eigenvalue weighted by molar-refractivity contribution is 5.78. The predicted molar refractivity (Wildman–Crippen MR) is 85.2 cm³/mol. The molecule has 0 spiro atoms. The van der Waals surface area contributed by atoms with Crippen molar-refractivity contribution in [2.24, 2.45) is 0 Å². The first-order valence-electron chi connectivity index (χ1n) is 8.90. The zero-order chi connectivity index (χ0) is 15.1. The van der Waals surface area contributed by atoms with Gasteiger partial charge >= 0.3 is 0 Å². The van der Waals surface area contributed by atoms with Crippen molar-refractivity contribution in [2.75, 3.05) is 26.2 Å². The van der Waals surface area contributed by atoms with Crippen molar-refractivity contribution >= 4 is 5.91 Å². The van der Waals surface area contributed by atoms with E-state index in [0.717, 1.165) is 25.8 Å². The van der Waals surface area contributed by atoms with Crippen molar-refractivity contribution < 1.29 is 9.90 Å². The van der Waals surface area contributed by atoms with Crippen molar-refractivity contribution in [3.63, 3.8) is 0 Å². The molecule has 1 amide bonds. The molecule has 1 unspecified atom stereocenters. The first-order valence-corrected chi connectivity index (χ1v) is 8.90. The summed E-state index contributed by atoms with van der Waals surface area (Å²) in [5, 5.41) is 9.32. The highest BCUT2D eigenvalue weighted by Crippen LogP contribution is 2.24. The van der Waals surface area contributed by atoms with E-state index in [1.165, 1.54) is 38.5 Å². The summed E-state index contributed by atoms with van der Waals surface area (Å²) >= 11 is 0. The quantitative estimate of drug-likeness (QED) is 0.818. The number of carbonyl (C=O) groups excluding carboxylic acids is 1. The van der Waals surface area contributed by atoms with E-state index in [9.17, 15) is 9.90 Å². The van der Waals surface area contributed by atoms with E-state index in [1.54, 1.807) is 0 Å². The van der Waals surface area contributed by atoms with Crippen molar-refractivity contribution in [3.05, 3.63) is 0 Å². The number of aliphatic hydroxyl groups excluding tert-OH is 1. The molecule has 0 aromatic carbocycles. The molecular formula is C17H32N2O2. The van der Waals surface area contributed by atoms with Crippen LogP contribution in [0.4, 0.5) is 0 Å². The minimum absolute atomic E-state index is 0.154. The Morgan fingerprint density at radius 3 is 2.52 bits per heavy atom. The van der Waals surface area contributed by atoms with E-state index in [2.05, 4.69) is 16.7 Å². The van der Waals surface area contributed by atoms with Gasteiger partial charge in [0.25, 0.3) is 0 Å². The maximum absolute atomic E-state index is 12.7. The van der Waals surface area contributed by atoms with Gasteiger partial charge in [0.05, 0.1) is 13.2 Å². The SMILES string of the molecule is CCC1CCCCN1C(=O)CN(CCO)C1CCCCC1. The lowest BCUT2D eigenvalue weighted by atomic mass is 9.94. The molecule has 1 saturated heterocycles. The maximum Gasteiger partial charge on any atom is 0.237 e. The summed E-state index contributed by atoms with van der Waals surface area (Å²) in [7, 11) is 0. The van der Waals surface area contributed by atoms with Crippen LogP contribution >= 0.6 is 0 Å². The van der Waals surface area contributed by atoms with Crippen molar-refractivity contribution in [1.82, 2.24) is 9.80 Å². The second-order valence-electron chi connectivity index (χ2n) is 6.63. The van der Waals surface area contributed by atoms with Crippen LogP contribution in [0.5, 0.6) is 0 Å². The van der Waals surface area contributed by atoms with Crippen molar-refractivity contribution in [1.29, 1.82) is 0 Å². The number of rotatable bonds is 6. The fourth-order valence-corrected chi connectivity index (χ4v) is 3.98. The largest absolute Gasteiger partial charge is 0.395 e. The summed E-state index contributed by atoms with van der Waals surface area (Å²) in [5.74, 6) is 0.278. The van der Waals surface area contributed by atoms with Crippen LogP contribution in [0.3, 0.4) is 0 Å². The molecule has 2 aliphatic rings. The number of hydrogen-bond acceptors (Lipinski definition) is 3. The van der Waals surface area contributed by atoms with Crippen LogP contribution in [0.2, 0.25) is 0 Å². The van der Waals surface area contributed by atoms with Gasteiger partial charge in [-0.05, 0) is 38.5 Å². The zero-order valence-corrected chi connectivity index (χ0v) is 13.6. The summed E-state index contributed by atoms with van der Waals surface area (Å²) in [6.07, 6.45) is 10.8. The molecule has 1 aliphatic heterocycles. The Hall–Kier alpha value is -0.610. The summed E-state index contributed by atoms with van der Waals surface area (Å²) in [6.45, 7) is 4.40. The first-order chi connectivity index (χ1) is 10.3. The average molecular weight is 296 g/mol. The molecule has 0 bridgehead atoms. The molecule has 4 nitrogen and oxygen atoms in total. The molecule has 0 radical (unpaired) electrons. The van der Waals surface area contributed by atoms with Crippen LogP contribution in [0.25, 0.3) is 0 Å². The summed E-state index contributed by atoms with van der Waals surface area (Å²) in [4.78, 5) is 17.0. The summed E-state index contributed by atoms with van der Waals surface area (Å²) < 4.78 is 0. The van der Waals surface area contributed by atoms with Gasteiger partial charge in [0, 0.05) is 25.2 Å². The van der Waals surface area contributed by atoms with E-state index in [0.29, 0.717) is 25.2 Å². The van der Waals surface area contributed by atoms with Crippen LogP contribution in [0.1, 0.15) is 64.7 Å². The van der Waals surface area contributed by atoms with Gasteiger partial charge in [0.15, 0.2) is 0 Å². The first kappa shape index (κ1) is 16.8. The Balaban J connectivity index is 1.92. The highest BCUT2D eigenvalue weighted by Gasteiger charge is 2.29. The smallest absolute Gasteiger partial charge is 0.237 e. The lowest BCUT2D eigenvalue weighted by Crippen LogP contribution is -2.50. The van der Waals surface area contributed by atoms with Crippen LogP contribution in [-0.4, -0.2) is 59.1 Å². The minimum Gasteiger partial charge on any atom is -0.395 e. The fraction of sp³-hybridized carbons (Fsp3) is 0.941. The van der Waals surface area contributed by atoms with Gasteiger partial charge < -0.3 is 10.0 Å². The van der Waals surface area contributed by atoms with Gasteiger partial charge in [-0.1, -0.05) is 26.2 Å². The third-order valence-electron chi connectivity index (χ3n) is 5.24. The topological polar surface area (TPSA) is 43.8 Å². The van der Waals surface area contributed by atoms with E-state index >= 15 is 0 Å². The summed E-state index contributed by atoms with van der Waals surface area (Å²) in [5.41, 5.74) is 0. The minimum atomic E-state index is 0.154. The number of likely N-dealkylation sites (tertiary alicyclic amines) is 1. The van der Waals surface area contributed by atoms with Gasteiger partial charge in [-0.2, -0.15) is 0 Å². The van der Waals surface area contributed by atoms with Crippen LogP contribution < -0.4 is 0 Å². The average Bonchev–Trinajstić information content (AvgIpc) is 2.55. The second-order valence-corrected chi connectivity index (χ2v) is 6.63. The molecule has 122 valence electrons. The molecule has 1 N–H and O–H groups in total. The molecule has 21 heavy (non-hydrogen) atoms. The Bertz CT molecular complexity index is 316. The van der Waals surface area contributed by atoms with Crippen molar-refractivity contribution in [2.45, 2.75) is 76.8 Å². The van der Waals surface area contributed by atoms with Crippen molar-refractivity contribution in [3.8, 4) is 0 Å². The third-order valence-corrected chi connectivity index (χ3v) is 5.24. The Kier molecular flexibility index (Phi) is 6.97. The molecule has 1 heterocycles. The molecule has 2 fully saturated rings. The van der Waals surface area contributed by atoms with Gasteiger partial charge in [-0.25, -0.2) is 0 Å². The van der Waals surface area contributed by atoms with Gasteiger partial charge in [0.2, 0.25) is 5.91 Å². The standard InChI is InChI=1S/C17H32N2O2/c1-2-15-8-6-7-11-19(15)17(21)14-18(12-13-20)16-9-4-3-5-10-16/h15-16,20H,2-14H2,1H3. The Morgan fingerprint density at radius 2 is 1.86 bits per heavy atom. The Labute approximate surface area is 129 Å². The monoisotopic (exact) mass is 296 g/mol. The number of amides is 1. The lowest BCUT2D eigenvalue weighted by Gasteiger charge is -2.39. The second kappa shape index (κ2) is 8.74. The summed E-state index contributed by atoms with van der Waals surface area (Å²) in [6, 6.07) is 0.938. The zero-order valence-electron chi connectivity index (χ0n) is 13.6. The number of nitrogens with zero attached hydrogens (tertiary/aromatic N) is 2. The lowest BCUT2D eigenvalue weighted by molar-refractivity contribution is -0.137. The van der Waals surface area contributed by atoms with E-state index in [1.807, 2.05) is 0 Å². The molecule has 1 saturated carbocycles. The third kappa shape index (κ3) is 4.68. The molecule has 1 aliphatic carbocycles. The molecule has 2 rings (SSSR count). The van der Waals surface area contributed by atoms with Crippen LogP contribution in [-0.2, 0) is 4.79 Å². The number of carbonyl (C=O) groups is 1. The van der Waals surface area contributed by atoms with Gasteiger partial charge in [0.1, 0.15) is 0 Å². The Morgan fingerprint density at radius 1 is 1.14 bits per heavy atom. The number of aliphatic hydroxyl groups is 1. The number of hydrogen-bond donors (Lipinski definition) is 1. The van der Waals surface area contributed by atoms with Crippen LogP contribution in [0.15, 0.2) is 0 Å². The molecule has 0 aromatic heterocycles. The highest BCUT2D eigenvalue weighted by atomic mass is 16.3. The normalized spacial score (nSPS) is 24.5. The molecule has 1 atom stereocenters.